The lowest BCUT2D eigenvalue weighted by Gasteiger charge is -2.50. The Morgan fingerprint density at radius 3 is 2.37 bits per heavy atom. The van der Waals surface area contributed by atoms with Crippen LogP contribution in [0, 0.1) is 11.8 Å². The number of primary amides is 1. The number of phenolic OH excluding ortho intramolecular Hbond substituents is 1. The van der Waals surface area contributed by atoms with Gasteiger partial charge in [-0.05, 0) is 64.1 Å². The highest BCUT2D eigenvalue weighted by atomic mass is 35.5. The van der Waals surface area contributed by atoms with Crippen molar-refractivity contribution in [1.82, 2.24) is 9.80 Å². The molecule has 1 aromatic carbocycles. The largest absolute Gasteiger partial charge is 0.510 e. The van der Waals surface area contributed by atoms with Gasteiger partial charge in [0, 0.05) is 23.1 Å². The maximum atomic E-state index is 13.6. The monoisotopic (exact) mass is 505 g/mol. The predicted molar refractivity (Wildman–Crippen MR) is 126 cm³/mol. The number of Topliss-reactive ketones (excluding diaryl/α,β-unsaturated/α-hetero) is 2. The number of likely N-dealkylation sites (N-methyl/N-ethyl adjacent to an activating group) is 1. The molecule has 0 radical (unpaired) electrons. The van der Waals surface area contributed by atoms with Crippen molar-refractivity contribution in [3.05, 3.63) is 50.4 Å². The van der Waals surface area contributed by atoms with Crippen LogP contribution in [-0.2, 0) is 22.6 Å². The zero-order valence-corrected chi connectivity index (χ0v) is 20.5. The quantitative estimate of drug-likeness (QED) is 0.373. The molecular weight excluding hydrogens is 478 g/mol. The van der Waals surface area contributed by atoms with Crippen LogP contribution in [0.1, 0.15) is 27.9 Å². The van der Waals surface area contributed by atoms with Crippen molar-refractivity contribution in [2.45, 2.75) is 31.0 Å². The number of halogens is 1. The van der Waals surface area contributed by atoms with E-state index < -0.39 is 58.0 Å². The Hall–Kier alpha value is -2.92. The van der Waals surface area contributed by atoms with Gasteiger partial charge in [0.05, 0.1) is 11.6 Å². The third-order valence-electron chi connectivity index (χ3n) is 7.22. The predicted octanol–water partition coefficient (Wildman–Crippen LogP) is 0.836. The number of carbonyl (C=O) groups is 3. The standard InChI is InChI=1S/C24H28ClN3O7/c1-27(2)8-10-7-13(29)15-11(17(10)25)5-9-6-12-18(28(3)4)20(31)16(23(26)34)22(33)24(12,35)21(32)14(9)19(15)30/h7,9,12,18,29,31-32,35H,5-6,8H2,1-4H3,(H2,26,34)/t9-,12-,18-,24-/m0/s1. The molecule has 35 heavy (non-hydrogen) atoms. The first kappa shape index (κ1) is 25.2. The van der Waals surface area contributed by atoms with Gasteiger partial charge >= 0.3 is 0 Å². The van der Waals surface area contributed by atoms with Crippen molar-refractivity contribution >= 4 is 29.1 Å². The molecule has 0 aliphatic heterocycles. The second-order valence-corrected chi connectivity index (χ2v) is 10.3. The third kappa shape index (κ3) is 3.47. The summed E-state index contributed by atoms with van der Waals surface area (Å²) < 4.78 is 0. The molecule has 1 amide bonds. The number of hydrogen-bond donors (Lipinski definition) is 5. The van der Waals surface area contributed by atoms with E-state index in [1.165, 1.54) is 11.0 Å². The fourth-order valence-corrected chi connectivity index (χ4v) is 6.10. The van der Waals surface area contributed by atoms with E-state index in [1.807, 2.05) is 19.0 Å². The van der Waals surface area contributed by atoms with Gasteiger partial charge in [0.15, 0.2) is 11.4 Å². The summed E-state index contributed by atoms with van der Waals surface area (Å²) in [7, 11) is 6.83. The van der Waals surface area contributed by atoms with E-state index in [2.05, 4.69) is 0 Å². The lowest BCUT2D eigenvalue weighted by molar-refractivity contribution is -0.148. The van der Waals surface area contributed by atoms with E-state index >= 15 is 0 Å². The highest BCUT2D eigenvalue weighted by molar-refractivity contribution is 6.33. The van der Waals surface area contributed by atoms with Crippen molar-refractivity contribution in [3.63, 3.8) is 0 Å². The molecule has 0 aromatic heterocycles. The van der Waals surface area contributed by atoms with E-state index in [0.717, 1.165) is 0 Å². The van der Waals surface area contributed by atoms with Gasteiger partial charge in [-0.1, -0.05) is 11.6 Å². The number of nitrogens with two attached hydrogens (primary N) is 1. The number of ketones is 2. The molecule has 0 fully saturated rings. The van der Waals surface area contributed by atoms with Crippen molar-refractivity contribution in [1.29, 1.82) is 0 Å². The minimum absolute atomic E-state index is 0.0146. The second kappa shape index (κ2) is 8.34. The summed E-state index contributed by atoms with van der Waals surface area (Å²) in [6.45, 7) is 0.417. The number of allylic oxidation sites excluding steroid dienone is 1. The van der Waals surface area contributed by atoms with Crippen LogP contribution < -0.4 is 5.73 Å². The number of nitrogens with zero attached hydrogens (tertiary/aromatic N) is 2. The summed E-state index contributed by atoms with van der Waals surface area (Å²) >= 11 is 6.64. The van der Waals surface area contributed by atoms with Crippen LogP contribution in [-0.4, -0.2) is 87.5 Å². The van der Waals surface area contributed by atoms with E-state index in [9.17, 15) is 34.8 Å². The molecule has 188 valence electrons. The van der Waals surface area contributed by atoms with Crippen molar-refractivity contribution in [2.24, 2.45) is 17.6 Å². The van der Waals surface area contributed by atoms with Gasteiger partial charge in [0.1, 0.15) is 22.8 Å². The first-order valence-corrected chi connectivity index (χ1v) is 11.4. The van der Waals surface area contributed by atoms with Crippen molar-refractivity contribution in [2.75, 3.05) is 28.2 Å². The SMILES string of the molecule is CN(C)Cc1cc(O)c2c(c1Cl)C[C@H]1C[C@H]3[C@H](N(C)C)C(O)=C(C(N)=O)C(=O)[C@@]3(O)C(O)=C1C2=O. The van der Waals surface area contributed by atoms with Crippen LogP contribution in [0.2, 0.25) is 5.02 Å². The Morgan fingerprint density at radius 2 is 1.83 bits per heavy atom. The number of benzene rings is 1. The molecule has 0 spiro atoms. The summed E-state index contributed by atoms with van der Waals surface area (Å²) in [5.41, 5.74) is 2.56. The number of hydrogen-bond acceptors (Lipinski definition) is 9. The maximum Gasteiger partial charge on any atom is 0.255 e. The number of aliphatic hydroxyl groups excluding tert-OH is 2. The number of fused-ring (bicyclic) bond motifs is 3. The smallest absolute Gasteiger partial charge is 0.255 e. The highest BCUT2D eigenvalue weighted by Gasteiger charge is 2.63. The summed E-state index contributed by atoms with van der Waals surface area (Å²) in [4.78, 5) is 42.2. The summed E-state index contributed by atoms with van der Waals surface area (Å²) in [6.07, 6.45) is 0.170. The Kier molecular flexibility index (Phi) is 6.00. The average molecular weight is 506 g/mol. The minimum Gasteiger partial charge on any atom is -0.510 e. The molecule has 0 bridgehead atoms. The van der Waals surface area contributed by atoms with E-state index in [0.29, 0.717) is 22.7 Å². The molecule has 1 aromatic rings. The third-order valence-corrected chi connectivity index (χ3v) is 7.69. The van der Waals surface area contributed by atoms with Crippen LogP contribution in [0.25, 0.3) is 0 Å². The van der Waals surface area contributed by atoms with Gasteiger partial charge in [-0.15, -0.1) is 0 Å². The number of aliphatic hydroxyl groups is 3. The summed E-state index contributed by atoms with van der Waals surface area (Å²) in [5.74, 6) is -6.85. The number of rotatable bonds is 4. The van der Waals surface area contributed by atoms with Crippen LogP contribution in [0.15, 0.2) is 28.7 Å². The topological polar surface area (TPSA) is 165 Å². The van der Waals surface area contributed by atoms with Crippen LogP contribution in [0.5, 0.6) is 5.75 Å². The number of carbonyl (C=O) groups excluding carboxylic acids is 3. The van der Waals surface area contributed by atoms with E-state index in [1.54, 1.807) is 14.1 Å². The first-order valence-electron chi connectivity index (χ1n) is 11.1. The molecule has 4 atom stereocenters. The highest BCUT2D eigenvalue weighted by Crippen LogP contribution is 2.53. The molecule has 0 saturated heterocycles. The summed E-state index contributed by atoms with van der Waals surface area (Å²) in [5, 5.41) is 44.6. The van der Waals surface area contributed by atoms with Crippen LogP contribution in [0.4, 0.5) is 0 Å². The normalized spacial score (nSPS) is 28.4. The van der Waals surface area contributed by atoms with E-state index in [4.69, 9.17) is 17.3 Å². The molecule has 0 unspecified atom stereocenters. The number of aromatic hydroxyl groups is 1. The van der Waals surface area contributed by atoms with Gasteiger partial charge in [-0.25, -0.2) is 0 Å². The first-order chi connectivity index (χ1) is 16.2. The average Bonchev–Trinajstić information content (AvgIpc) is 2.73. The Labute approximate surface area is 206 Å². The molecular formula is C24H28ClN3O7. The summed E-state index contributed by atoms with van der Waals surface area (Å²) in [6, 6.07) is 0.348. The zero-order chi connectivity index (χ0) is 26.1. The molecule has 11 heteroatoms. The lowest BCUT2D eigenvalue weighted by Crippen LogP contribution is -2.63. The maximum absolute atomic E-state index is 13.6. The van der Waals surface area contributed by atoms with Crippen molar-refractivity contribution < 1.29 is 34.8 Å². The molecule has 0 heterocycles. The number of phenols is 1. The fraction of sp³-hybridized carbons (Fsp3) is 0.458. The lowest BCUT2D eigenvalue weighted by atomic mass is 9.58. The Bertz CT molecular complexity index is 1240. The Morgan fingerprint density at radius 1 is 1.20 bits per heavy atom. The zero-order valence-electron chi connectivity index (χ0n) is 19.8. The van der Waals surface area contributed by atoms with Crippen LogP contribution >= 0.6 is 11.6 Å². The van der Waals surface area contributed by atoms with Crippen LogP contribution in [0.3, 0.4) is 0 Å². The molecule has 4 rings (SSSR count). The van der Waals surface area contributed by atoms with Gasteiger partial charge in [0.25, 0.3) is 5.91 Å². The minimum atomic E-state index is -2.66. The number of amides is 1. The van der Waals surface area contributed by atoms with E-state index in [-0.39, 0.29) is 29.7 Å². The van der Waals surface area contributed by atoms with Gasteiger partial charge in [-0.2, -0.15) is 0 Å². The molecule has 10 nitrogen and oxygen atoms in total. The molecule has 0 saturated carbocycles. The molecule has 6 N–H and O–H groups in total. The second-order valence-electron chi connectivity index (χ2n) is 9.92. The molecule has 3 aliphatic rings. The van der Waals surface area contributed by atoms with Gasteiger partial charge < -0.3 is 31.1 Å². The fourth-order valence-electron chi connectivity index (χ4n) is 5.81. The van der Waals surface area contributed by atoms with Gasteiger partial charge in [-0.3, -0.25) is 19.3 Å². The molecule has 3 aliphatic carbocycles. The van der Waals surface area contributed by atoms with Gasteiger partial charge in [0.2, 0.25) is 5.78 Å². The Balaban J connectivity index is 1.94. The van der Waals surface area contributed by atoms with Crippen molar-refractivity contribution in [3.8, 4) is 5.75 Å².